The topological polar surface area (TPSA) is 6.48 Å². The van der Waals surface area contributed by atoms with E-state index in [1.165, 1.54) is 39.2 Å². The Morgan fingerprint density at radius 3 is 1.34 bits per heavy atom. The highest BCUT2D eigenvalue weighted by atomic mass is 15.1. The third-order valence-electron chi connectivity index (χ3n) is 6.39. The highest BCUT2D eigenvalue weighted by Crippen LogP contribution is 2.38. The largest absolute Gasteiger partial charge is 0.364 e. The average Bonchev–Trinajstić information content (AvgIpc) is 2.86. The maximum Gasteiger partial charge on any atom is 0.0374 e. The molecule has 0 aliphatic carbocycles. The van der Waals surface area contributed by atoms with Gasteiger partial charge in [-0.05, 0) is 65.9 Å². The van der Waals surface area contributed by atoms with Crippen molar-refractivity contribution in [1.82, 2.24) is 0 Å². The summed E-state index contributed by atoms with van der Waals surface area (Å²) < 4.78 is 0. The second-order valence-corrected chi connectivity index (χ2v) is 8.89. The van der Waals surface area contributed by atoms with Crippen molar-refractivity contribution in [2.45, 2.75) is 19.8 Å². The standard InChI is InChI=1S/C33H38N2/c1-7-20-34(21-8-2)29-16-18-31(26(5)24-29)33(28-14-12-11-13-15-28)32-19-17-30(25-27(32)6)35(22-9-3)23-10-4/h7-19,24-25,33H,1-4,20-23H2,5-6H3. The summed E-state index contributed by atoms with van der Waals surface area (Å²) >= 11 is 0. The van der Waals surface area contributed by atoms with Crippen molar-refractivity contribution in [2.75, 3.05) is 36.0 Å². The second kappa shape index (κ2) is 12.6. The van der Waals surface area contributed by atoms with Gasteiger partial charge < -0.3 is 9.80 Å². The molecular weight excluding hydrogens is 424 g/mol. The predicted octanol–water partition coefficient (Wildman–Crippen LogP) is 7.84. The van der Waals surface area contributed by atoms with Crippen molar-refractivity contribution in [3.63, 3.8) is 0 Å². The first-order chi connectivity index (χ1) is 17.0. The van der Waals surface area contributed by atoms with Gasteiger partial charge in [0.15, 0.2) is 0 Å². The van der Waals surface area contributed by atoms with E-state index in [0.29, 0.717) is 0 Å². The van der Waals surface area contributed by atoms with E-state index in [1.807, 2.05) is 24.3 Å². The van der Waals surface area contributed by atoms with E-state index in [9.17, 15) is 0 Å². The van der Waals surface area contributed by atoms with Crippen molar-refractivity contribution < 1.29 is 0 Å². The molecule has 0 aliphatic heterocycles. The SMILES string of the molecule is C=CCN(CC=C)c1ccc(C(c2ccccc2)c2ccc(N(CC=C)CC=C)cc2C)c(C)c1. The highest BCUT2D eigenvalue weighted by molar-refractivity contribution is 5.59. The van der Waals surface area contributed by atoms with Crippen LogP contribution in [0, 0.1) is 13.8 Å². The van der Waals surface area contributed by atoms with Gasteiger partial charge in [-0.25, -0.2) is 0 Å². The molecule has 3 aromatic rings. The van der Waals surface area contributed by atoms with Crippen LogP contribution < -0.4 is 9.80 Å². The van der Waals surface area contributed by atoms with Crippen molar-refractivity contribution in [1.29, 1.82) is 0 Å². The van der Waals surface area contributed by atoms with E-state index in [0.717, 1.165) is 26.2 Å². The van der Waals surface area contributed by atoms with Gasteiger partial charge in [0.2, 0.25) is 0 Å². The van der Waals surface area contributed by atoms with Crippen LogP contribution in [0.4, 0.5) is 11.4 Å². The highest BCUT2D eigenvalue weighted by Gasteiger charge is 2.21. The summed E-state index contributed by atoms with van der Waals surface area (Å²) in [6.07, 6.45) is 7.75. The van der Waals surface area contributed by atoms with E-state index in [2.05, 4.69) is 117 Å². The van der Waals surface area contributed by atoms with Gasteiger partial charge in [0.25, 0.3) is 0 Å². The van der Waals surface area contributed by atoms with Crippen molar-refractivity contribution >= 4 is 11.4 Å². The van der Waals surface area contributed by atoms with Crippen molar-refractivity contribution in [3.8, 4) is 0 Å². The Bertz CT molecular complexity index is 1070. The van der Waals surface area contributed by atoms with E-state index in [4.69, 9.17) is 0 Å². The lowest BCUT2D eigenvalue weighted by atomic mass is 9.81. The van der Waals surface area contributed by atoms with Crippen molar-refractivity contribution in [2.24, 2.45) is 0 Å². The maximum absolute atomic E-state index is 3.92. The van der Waals surface area contributed by atoms with Gasteiger partial charge in [0.1, 0.15) is 0 Å². The van der Waals surface area contributed by atoms with Crippen molar-refractivity contribution in [3.05, 3.63) is 145 Å². The summed E-state index contributed by atoms with van der Waals surface area (Å²) in [5, 5.41) is 0. The minimum Gasteiger partial charge on any atom is -0.364 e. The molecule has 0 aliphatic rings. The minimum atomic E-state index is 0.152. The molecule has 0 aromatic heterocycles. The Balaban J connectivity index is 2.09. The van der Waals surface area contributed by atoms with E-state index < -0.39 is 0 Å². The molecule has 180 valence electrons. The zero-order valence-corrected chi connectivity index (χ0v) is 21.3. The number of hydrogen-bond donors (Lipinski definition) is 0. The van der Waals surface area contributed by atoms with Crippen LogP contribution in [0.5, 0.6) is 0 Å². The van der Waals surface area contributed by atoms with Gasteiger partial charge in [-0.3, -0.25) is 0 Å². The molecular formula is C33H38N2. The smallest absolute Gasteiger partial charge is 0.0374 e. The zero-order chi connectivity index (χ0) is 25.2. The molecule has 2 heteroatoms. The number of aryl methyl sites for hydroxylation is 2. The molecule has 0 saturated heterocycles. The normalized spacial score (nSPS) is 10.6. The fourth-order valence-corrected chi connectivity index (χ4v) is 4.73. The van der Waals surface area contributed by atoms with Gasteiger partial charge >= 0.3 is 0 Å². The summed E-state index contributed by atoms with van der Waals surface area (Å²) in [6, 6.07) is 24.4. The molecule has 0 amide bonds. The van der Waals surface area contributed by atoms with Gasteiger partial charge in [-0.15, -0.1) is 26.3 Å². The molecule has 0 heterocycles. The molecule has 0 radical (unpaired) electrons. The molecule has 2 nitrogen and oxygen atoms in total. The fourth-order valence-electron chi connectivity index (χ4n) is 4.73. The summed E-state index contributed by atoms with van der Waals surface area (Å²) in [4.78, 5) is 4.56. The lowest BCUT2D eigenvalue weighted by molar-refractivity contribution is 0.924. The summed E-state index contributed by atoms with van der Waals surface area (Å²) in [5.41, 5.74) is 8.87. The Morgan fingerprint density at radius 2 is 1.00 bits per heavy atom. The molecule has 0 spiro atoms. The second-order valence-electron chi connectivity index (χ2n) is 8.89. The summed E-state index contributed by atoms with van der Waals surface area (Å²) in [6.45, 7) is 23.3. The number of benzene rings is 3. The summed E-state index contributed by atoms with van der Waals surface area (Å²) in [7, 11) is 0. The molecule has 0 unspecified atom stereocenters. The molecule has 3 aromatic carbocycles. The van der Waals surface area contributed by atoms with Gasteiger partial charge in [0.05, 0.1) is 0 Å². The molecule has 3 rings (SSSR count). The zero-order valence-electron chi connectivity index (χ0n) is 21.3. The fraction of sp³-hybridized carbons (Fsp3) is 0.212. The van der Waals surface area contributed by atoms with E-state index in [-0.39, 0.29) is 5.92 Å². The lowest BCUT2D eigenvalue weighted by Gasteiger charge is -2.27. The third kappa shape index (κ3) is 6.22. The maximum atomic E-state index is 3.92. The molecule has 35 heavy (non-hydrogen) atoms. The lowest BCUT2D eigenvalue weighted by Crippen LogP contribution is -2.23. The Morgan fingerprint density at radius 1 is 0.600 bits per heavy atom. The Labute approximate surface area is 212 Å². The monoisotopic (exact) mass is 462 g/mol. The van der Waals surface area contributed by atoms with Crippen LogP contribution >= 0.6 is 0 Å². The number of rotatable bonds is 13. The Hall–Kier alpha value is -3.78. The van der Waals surface area contributed by atoms with Crippen LogP contribution in [0.1, 0.15) is 33.7 Å². The van der Waals surface area contributed by atoms with Gasteiger partial charge in [-0.1, -0.05) is 66.8 Å². The van der Waals surface area contributed by atoms with Crippen LogP contribution in [-0.4, -0.2) is 26.2 Å². The Kier molecular flexibility index (Phi) is 9.31. The first kappa shape index (κ1) is 25.8. The summed E-state index contributed by atoms with van der Waals surface area (Å²) in [5.74, 6) is 0.152. The number of anilines is 2. The predicted molar refractivity (Wildman–Crippen MR) is 155 cm³/mol. The molecule has 0 saturated carbocycles. The third-order valence-corrected chi connectivity index (χ3v) is 6.39. The van der Waals surface area contributed by atoms with Gasteiger partial charge in [-0.2, -0.15) is 0 Å². The van der Waals surface area contributed by atoms with Crippen LogP contribution in [0.25, 0.3) is 0 Å². The average molecular weight is 463 g/mol. The first-order valence-corrected chi connectivity index (χ1v) is 12.2. The minimum absolute atomic E-state index is 0.152. The molecule has 0 bridgehead atoms. The molecule has 0 N–H and O–H groups in total. The van der Waals surface area contributed by atoms with E-state index >= 15 is 0 Å². The molecule has 0 atom stereocenters. The van der Waals surface area contributed by atoms with Crippen LogP contribution in [0.3, 0.4) is 0 Å². The van der Waals surface area contributed by atoms with Crippen LogP contribution in [0.15, 0.2) is 117 Å². The van der Waals surface area contributed by atoms with Crippen LogP contribution in [0.2, 0.25) is 0 Å². The number of hydrogen-bond acceptors (Lipinski definition) is 2. The quantitative estimate of drug-likeness (QED) is 0.189. The molecule has 0 fully saturated rings. The first-order valence-electron chi connectivity index (χ1n) is 12.2. The van der Waals surface area contributed by atoms with Gasteiger partial charge in [0, 0.05) is 43.5 Å². The van der Waals surface area contributed by atoms with E-state index in [1.54, 1.807) is 0 Å². The number of nitrogens with zero attached hydrogens (tertiary/aromatic N) is 2. The van der Waals surface area contributed by atoms with Crippen LogP contribution in [-0.2, 0) is 0 Å².